The molecule has 1 rings (SSSR count). The number of amides is 2. The largest absolute Gasteiger partial charge is 0.345 e. The number of nitrogens with zero attached hydrogens (tertiary/aromatic N) is 1. The van der Waals surface area contributed by atoms with Crippen LogP contribution in [0, 0.1) is 0 Å². The Hall–Kier alpha value is -1.49. The zero-order valence-corrected chi connectivity index (χ0v) is 12.4. The number of hydrogen-bond donors (Lipinski definition) is 1. The van der Waals surface area contributed by atoms with Gasteiger partial charge < -0.3 is 10.2 Å². The van der Waals surface area contributed by atoms with Gasteiger partial charge in [0.25, 0.3) is 5.91 Å². The highest BCUT2D eigenvalue weighted by molar-refractivity contribution is 7.97. The lowest BCUT2D eigenvalue weighted by atomic mass is 10.1. The first-order valence-corrected chi connectivity index (χ1v) is 7.58. The minimum absolute atomic E-state index is 0.0374. The van der Waals surface area contributed by atoms with Crippen molar-refractivity contribution >= 4 is 23.6 Å². The lowest BCUT2D eigenvalue weighted by Crippen LogP contribution is -2.37. The fourth-order valence-corrected chi connectivity index (χ4v) is 2.01. The molecule has 1 N–H and O–H groups in total. The number of benzene rings is 1. The number of rotatable bonds is 6. The average Bonchev–Trinajstić information content (AvgIpc) is 2.44. The van der Waals surface area contributed by atoms with E-state index in [4.69, 9.17) is 0 Å². The van der Waals surface area contributed by atoms with Crippen LogP contribution < -0.4 is 5.32 Å². The van der Waals surface area contributed by atoms with Gasteiger partial charge in [0.2, 0.25) is 5.91 Å². The number of carbonyl (C=O) groups is 2. The monoisotopic (exact) mass is 280 g/mol. The number of carbonyl (C=O) groups excluding carboxylic acids is 2. The maximum atomic E-state index is 11.8. The van der Waals surface area contributed by atoms with Crippen LogP contribution in [0.3, 0.4) is 0 Å². The molecular weight excluding hydrogens is 260 g/mol. The molecule has 0 aliphatic rings. The minimum atomic E-state index is -0.214. The Morgan fingerprint density at radius 1 is 1.26 bits per heavy atom. The second-order valence-corrected chi connectivity index (χ2v) is 5.09. The molecule has 0 aromatic heterocycles. The van der Waals surface area contributed by atoms with Crippen LogP contribution in [-0.2, 0) is 10.5 Å². The Morgan fingerprint density at radius 3 is 2.42 bits per heavy atom. The van der Waals surface area contributed by atoms with Gasteiger partial charge in [0.05, 0.1) is 6.54 Å². The average molecular weight is 280 g/mol. The molecule has 0 atom stereocenters. The van der Waals surface area contributed by atoms with E-state index in [0.717, 1.165) is 5.75 Å². The molecule has 1 aromatic rings. The van der Waals surface area contributed by atoms with Crippen molar-refractivity contribution in [2.45, 2.75) is 12.7 Å². The first-order valence-electron chi connectivity index (χ1n) is 6.18. The topological polar surface area (TPSA) is 49.4 Å². The molecule has 0 radical (unpaired) electrons. The van der Waals surface area contributed by atoms with Crippen LogP contribution in [0.2, 0.25) is 0 Å². The smallest absolute Gasteiger partial charge is 0.251 e. The maximum absolute atomic E-state index is 11.8. The summed E-state index contributed by atoms with van der Waals surface area (Å²) in [6.07, 6.45) is 2.04. The first-order chi connectivity index (χ1) is 9.08. The summed E-state index contributed by atoms with van der Waals surface area (Å²) in [5, 5.41) is 2.63. The summed E-state index contributed by atoms with van der Waals surface area (Å²) in [6.45, 7) is 2.57. The highest BCUT2D eigenvalue weighted by atomic mass is 32.2. The zero-order chi connectivity index (χ0) is 14.3. The summed E-state index contributed by atoms with van der Waals surface area (Å²) in [4.78, 5) is 25.0. The number of thioether (sulfide) groups is 1. The Morgan fingerprint density at radius 2 is 1.89 bits per heavy atom. The third kappa shape index (κ3) is 4.95. The molecule has 0 saturated heterocycles. The molecule has 0 fully saturated rings. The molecule has 2 amide bonds. The van der Waals surface area contributed by atoms with Gasteiger partial charge in [-0.1, -0.05) is 12.1 Å². The molecule has 5 heteroatoms. The van der Waals surface area contributed by atoms with Crippen LogP contribution in [0.5, 0.6) is 0 Å². The minimum Gasteiger partial charge on any atom is -0.345 e. The van der Waals surface area contributed by atoms with Crippen LogP contribution in [-0.4, -0.2) is 43.1 Å². The van der Waals surface area contributed by atoms with Crippen molar-refractivity contribution < 1.29 is 9.59 Å². The standard InChI is InChI=1S/C14H20N2O2S/c1-4-16(2)13(17)9-15-14(18)12-7-5-11(6-8-12)10-19-3/h5-8H,4,9-10H2,1-3H3,(H,15,18). The molecule has 19 heavy (non-hydrogen) atoms. The summed E-state index contributed by atoms with van der Waals surface area (Å²) in [7, 11) is 1.71. The van der Waals surface area contributed by atoms with E-state index < -0.39 is 0 Å². The summed E-state index contributed by atoms with van der Waals surface area (Å²) >= 11 is 1.74. The van der Waals surface area contributed by atoms with Gasteiger partial charge in [0.1, 0.15) is 0 Å². The van der Waals surface area contributed by atoms with Crippen molar-refractivity contribution in [2.24, 2.45) is 0 Å². The SMILES string of the molecule is CCN(C)C(=O)CNC(=O)c1ccc(CSC)cc1. The third-order valence-corrected chi connectivity index (χ3v) is 3.45. The quantitative estimate of drug-likeness (QED) is 0.864. The second kappa shape index (κ2) is 7.84. The number of nitrogens with one attached hydrogen (secondary N) is 1. The highest BCUT2D eigenvalue weighted by Gasteiger charge is 2.10. The number of likely N-dealkylation sites (N-methyl/N-ethyl adjacent to an activating group) is 1. The van der Waals surface area contributed by atoms with Gasteiger partial charge in [-0.3, -0.25) is 9.59 Å². The maximum Gasteiger partial charge on any atom is 0.251 e. The summed E-state index contributed by atoms with van der Waals surface area (Å²) in [6, 6.07) is 7.45. The molecule has 0 bridgehead atoms. The molecule has 0 unspecified atom stereocenters. The first kappa shape index (κ1) is 15.6. The Bertz CT molecular complexity index is 432. The van der Waals surface area contributed by atoms with Gasteiger partial charge in [0.15, 0.2) is 0 Å². The molecule has 0 saturated carbocycles. The van der Waals surface area contributed by atoms with Gasteiger partial charge >= 0.3 is 0 Å². The summed E-state index contributed by atoms with van der Waals surface area (Å²) < 4.78 is 0. The Balaban J connectivity index is 2.51. The van der Waals surface area contributed by atoms with E-state index in [1.165, 1.54) is 5.56 Å². The van der Waals surface area contributed by atoms with E-state index in [0.29, 0.717) is 12.1 Å². The Kier molecular flexibility index (Phi) is 6.42. The van der Waals surface area contributed by atoms with Gasteiger partial charge in [-0.15, -0.1) is 0 Å². The van der Waals surface area contributed by atoms with Crippen molar-refractivity contribution in [1.29, 1.82) is 0 Å². The molecule has 4 nitrogen and oxygen atoms in total. The van der Waals surface area contributed by atoms with Gasteiger partial charge in [-0.2, -0.15) is 11.8 Å². The highest BCUT2D eigenvalue weighted by Crippen LogP contribution is 2.10. The van der Waals surface area contributed by atoms with Crippen molar-refractivity contribution in [3.05, 3.63) is 35.4 Å². The molecular formula is C14H20N2O2S. The molecule has 1 aromatic carbocycles. The lowest BCUT2D eigenvalue weighted by Gasteiger charge is -2.14. The summed E-state index contributed by atoms with van der Waals surface area (Å²) in [5.41, 5.74) is 1.77. The van der Waals surface area contributed by atoms with Gasteiger partial charge in [0, 0.05) is 24.9 Å². The molecule has 104 valence electrons. The van der Waals surface area contributed by atoms with Crippen LogP contribution in [0.15, 0.2) is 24.3 Å². The van der Waals surface area contributed by atoms with E-state index in [-0.39, 0.29) is 18.4 Å². The van der Waals surface area contributed by atoms with Crippen molar-refractivity contribution in [1.82, 2.24) is 10.2 Å². The van der Waals surface area contributed by atoms with E-state index >= 15 is 0 Å². The molecule has 0 heterocycles. The van der Waals surface area contributed by atoms with Crippen LogP contribution >= 0.6 is 11.8 Å². The number of hydrogen-bond acceptors (Lipinski definition) is 3. The third-order valence-electron chi connectivity index (χ3n) is 2.83. The van der Waals surface area contributed by atoms with Crippen molar-refractivity contribution in [3.63, 3.8) is 0 Å². The predicted octanol–water partition coefficient (Wildman–Crippen LogP) is 1.76. The van der Waals surface area contributed by atoms with E-state index in [2.05, 4.69) is 5.32 Å². The van der Waals surface area contributed by atoms with Gasteiger partial charge in [-0.05, 0) is 30.9 Å². The molecule has 0 aliphatic carbocycles. The zero-order valence-electron chi connectivity index (χ0n) is 11.6. The van der Waals surface area contributed by atoms with Crippen LogP contribution in [0.1, 0.15) is 22.8 Å². The molecule has 0 aliphatic heterocycles. The van der Waals surface area contributed by atoms with Crippen molar-refractivity contribution in [2.75, 3.05) is 26.4 Å². The van der Waals surface area contributed by atoms with Gasteiger partial charge in [-0.25, -0.2) is 0 Å². The van der Waals surface area contributed by atoms with Crippen LogP contribution in [0.4, 0.5) is 0 Å². The van der Waals surface area contributed by atoms with E-state index in [1.807, 2.05) is 25.3 Å². The fraction of sp³-hybridized carbons (Fsp3) is 0.429. The second-order valence-electron chi connectivity index (χ2n) is 4.22. The van der Waals surface area contributed by atoms with Crippen molar-refractivity contribution in [3.8, 4) is 0 Å². The predicted molar refractivity (Wildman–Crippen MR) is 79.3 cm³/mol. The fourth-order valence-electron chi connectivity index (χ4n) is 1.49. The normalized spacial score (nSPS) is 10.1. The van der Waals surface area contributed by atoms with E-state index in [9.17, 15) is 9.59 Å². The van der Waals surface area contributed by atoms with E-state index in [1.54, 1.807) is 35.8 Å². The van der Waals surface area contributed by atoms with Crippen LogP contribution in [0.25, 0.3) is 0 Å². The summed E-state index contributed by atoms with van der Waals surface area (Å²) in [5.74, 6) is 0.630. The Labute approximate surface area is 118 Å². The lowest BCUT2D eigenvalue weighted by molar-refractivity contribution is -0.128. The molecule has 0 spiro atoms.